The van der Waals surface area contributed by atoms with Gasteiger partial charge in [-0.05, 0) is 48.7 Å². The Morgan fingerprint density at radius 1 is 1.10 bits per heavy atom. The van der Waals surface area contributed by atoms with Crippen molar-refractivity contribution in [3.63, 3.8) is 0 Å². The Morgan fingerprint density at radius 2 is 1.86 bits per heavy atom. The molecule has 1 aliphatic heterocycles. The second kappa shape index (κ2) is 9.79. The molecule has 0 aromatic heterocycles. The number of amides is 3. The van der Waals surface area contributed by atoms with E-state index in [1.807, 2.05) is 41.3 Å². The van der Waals surface area contributed by atoms with Crippen LogP contribution in [-0.2, 0) is 6.42 Å². The molecule has 0 atom stereocenters. The summed E-state index contributed by atoms with van der Waals surface area (Å²) < 4.78 is 11.2. The number of rotatable bonds is 9. The first-order valence-corrected chi connectivity index (χ1v) is 9.53. The van der Waals surface area contributed by atoms with Gasteiger partial charge in [-0.2, -0.15) is 0 Å². The van der Waals surface area contributed by atoms with Crippen molar-refractivity contribution in [2.45, 2.75) is 12.8 Å². The second-order valence-electron chi connectivity index (χ2n) is 6.69. The summed E-state index contributed by atoms with van der Waals surface area (Å²) in [6.07, 6.45) is 1.50. The van der Waals surface area contributed by atoms with E-state index in [1.54, 1.807) is 12.1 Å². The third-order valence-corrected chi connectivity index (χ3v) is 4.66. The number of hydrogen-bond acceptors (Lipinski definition) is 5. The van der Waals surface area contributed by atoms with Crippen molar-refractivity contribution in [1.29, 1.82) is 0 Å². The quantitative estimate of drug-likeness (QED) is 0.382. The zero-order valence-corrected chi connectivity index (χ0v) is 16.1. The van der Waals surface area contributed by atoms with E-state index in [4.69, 9.17) is 15.2 Å². The molecule has 1 heterocycles. The predicted molar refractivity (Wildman–Crippen MR) is 106 cm³/mol. The van der Waals surface area contributed by atoms with Crippen molar-refractivity contribution < 1.29 is 24.3 Å². The van der Waals surface area contributed by atoms with E-state index >= 15 is 0 Å². The van der Waals surface area contributed by atoms with Gasteiger partial charge in [-0.1, -0.05) is 18.2 Å². The van der Waals surface area contributed by atoms with Crippen LogP contribution in [0.4, 0.5) is 4.79 Å². The average Bonchev–Trinajstić information content (AvgIpc) is 2.73. The number of benzene rings is 2. The van der Waals surface area contributed by atoms with Crippen LogP contribution in [0.25, 0.3) is 0 Å². The first-order chi connectivity index (χ1) is 14.0. The van der Waals surface area contributed by atoms with Crippen LogP contribution >= 0.6 is 0 Å². The van der Waals surface area contributed by atoms with Gasteiger partial charge in [-0.3, -0.25) is 10.0 Å². The molecule has 0 aliphatic carbocycles. The molecule has 8 nitrogen and oxygen atoms in total. The lowest BCUT2D eigenvalue weighted by Gasteiger charge is -2.29. The van der Waals surface area contributed by atoms with Gasteiger partial charge in [-0.15, -0.1) is 0 Å². The maximum atomic E-state index is 12.7. The number of fused-ring (bicyclic) bond motifs is 1. The molecule has 0 fully saturated rings. The van der Waals surface area contributed by atoms with Gasteiger partial charge in [0.15, 0.2) is 0 Å². The summed E-state index contributed by atoms with van der Waals surface area (Å²) in [5.41, 5.74) is 6.54. The number of ether oxygens (including phenoxy) is 2. The monoisotopic (exact) mass is 399 g/mol. The number of para-hydroxylation sites is 1. The van der Waals surface area contributed by atoms with Gasteiger partial charge in [0.25, 0.3) is 5.91 Å². The SMILES string of the molecule is NC(=O)N(O)CCOc1ccc2c(c1)CCN(CCCOc1ccccc1)C2=O. The highest BCUT2D eigenvalue weighted by Crippen LogP contribution is 2.24. The topological polar surface area (TPSA) is 105 Å². The van der Waals surface area contributed by atoms with Crippen LogP contribution < -0.4 is 15.2 Å². The minimum atomic E-state index is -0.932. The van der Waals surface area contributed by atoms with Crippen LogP contribution in [0.1, 0.15) is 22.3 Å². The molecule has 29 heavy (non-hydrogen) atoms. The molecule has 2 aromatic carbocycles. The highest BCUT2D eigenvalue weighted by atomic mass is 16.5. The first-order valence-electron chi connectivity index (χ1n) is 9.53. The van der Waals surface area contributed by atoms with Crippen LogP contribution in [0.5, 0.6) is 11.5 Å². The van der Waals surface area contributed by atoms with Crippen LogP contribution in [-0.4, -0.2) is 60.0 Å². The van der Waals surface area contributed by atoms with Gasteiger partial charge in [0.05, 0.1) is 13.2 Å². The highest BCUT2D eigenvalue weighted by molar-refractivity contribution is 5.96. The molecule has 0 saturated heterocycles. The lowest BCUT2D eigenvalue weighted by molar-refractivity contribution is -0.0464. The standard InChI is InChI=1S/C21H25N3O5/c22-21(26)24(27)12-14-29-18-7-8-19-16(15-18)9-11-23(20(19)25)10-4-13-28-17-5-2-1-3-6-17/h1-3,5-8,15,27H,4,9-14H2,(H2,22,26). The van der Waals surface area contributed by atoms with Gasteiger partial charge in [0, 0.05) is 18.7 Å². The van der Waals surface area contributed by atoms with Crippen molar-refractivity contribution in [3.05, 3.63) is 59.7 Å². The fourth-order valence-electron chi connectivity index (χ4n) is 3.14. The highest BCUT2D eigenvalue weighted by Gasteiger charge is 2.24. The maximum absolute atomic E-state index is 12.7. The van der Waals surface area contributed by atoms with E-state index in [0.29, 0.717) is 36.1 Å². The average molecular weight is 399 g/mol. The zero-order chi connectivity index (χ0) is 20.6. The summed E-state index contributed by atoms with van der Waals surface area (Å²) in [5, 5.41) is 9.62. The van der Waals surface area contributed by atoms with Crippen molar-refractivity contribution in [1.82, 2.24) is 9.96 Å². The Hall–Kier alpha value is -3.26. The van der Waals surface area contributed by atoms with Gasteiger partial charge in [-0.25, -0.2) is 9.86 Å². The van der Waals surface area contributed by atoms with Gasteiger partial charge >= 0.3 is 6.03 Å². The number of hydrogen-bond donors (Lipinski definition) is 2. The Labute approximate surface area is 169 Å². The lowest BCUT2D eigenvalue weighted by atomic mass is 9.98. The molecule has 0 spiro atoms. The van der Waals surface area contributed by atoms with Gasteiger partial charge < -0.3 is 20.1 Å². The molecule has 8 heteroatoms. The third-order valence-electron chi connectivity index (χ3n) is 4.66. The van der Waals surface area contributed by atoms with E-state index in [9.17, 15) is 14.8 Å². The molecule has 154 valence electrons. The van der Waals surface area contributed by atoms with E-state index in [1.165, 1.54) is 0 Å². The van der Waals surface area contributed by atoms with Crippen molar-refractivity contribution in [3.8, 4) is 11.5 Å². The Morgan fingerprint density at radius 3 is 2.62 bits per heavy atom. The summed E-state index contributed by atoms with van der Waals surface area (Å²) in [4.78, 5) is 25.3. The summed E-state index contributed by atoms with van der Waals surface area (Å²) in [6.45, 7) is 1.90. The van der Waals surface area contributed by atoms with Crippen LogP contribution in [0.3, 0.4) is 0 Å². The van der Waals surface area contributed by atoms with Crippen molar-refractivity contribution in [2.24, 2.45) is 5.73 Å². The number of nitrogens with two attached hydrogens (primary N) is 1. The second-order valence-corrected chi connectivity index (χ2v) is 6.69. The van der Waals surface area contributed by atoms with E-state index in [-0.39, 0.29) is 19.1 Å². The first kappa shape index (κ1) is 20.5. The van der Waals surface area contributed by atoms with E-state index < -0.39 is 6.03 Å². The maximum Gasteiger partial charge on any atom is 0.338 e. The molecule has 3 N–H and O–H groups in total. The predicted octanol–water partition coefficient (Wildman–Crippen LogP) is 2.30. The molecular formula is C21H25N3O5. The number of carbonyl (C=O) groups excluding carboxylic acids is 2. The van der Waals surface area contributed by atoms with Crippen LogP contribution in [0.15, 0.2) is 48.5 Å². The Balaban J connectivity index is 1.47. The molecule has 3 amide bonds. The molecular weight excluding hydrogens is 374 g/mol. The van der Waals surface area contributed by atoms with E-state index in [0.717, 1.165) is 24.2 Å². The van der Waals surface area contributed by atoms with Gasteiger partial charge in [0.2, 0.25) is 0 Å². The zero-order valence-electron chi connectivity index (χ0n) is 16.1. The van der Waals surface area contributed by atoms with Crippen LogP contribution in [0, 0.1) is 0 Å². The lowest BCUT2D eigenvalue weighted by Crippen LogP contribution is -2.38. The minimum absolute atomic E-state index is 0.00720. The largest absolute Gasteiger partial charge is 0.494 e. The summed E-state index contributed by atoms with van der Waals surface area (Å²) in [5.74, 6) is 1.42. The third kappa shape index (κ3) is 5.61. The Kier molecular flexibility index (Phi) is 6.91. The fraction of sp³-hybridized carbons (Fsp3) is 0.333. The van der Waals surface area contributed by atoms with Gasteiger partial charge in [0.1, 0.15) is 18.1 Å². The molecule has 0 bridgehead atoms. The number of nitrogens with zero attached hydrogens (tertiary/aromatic N) is 2. The number of hydroxylamine groups is 2. The number of carbonyl (C=O) groups is 2. The summed E-state index contributed by atoms with van der Waals surface area (Å²) in [6, 6.07) is 14.0. The molecule has 2 aromatic rings. The summed E-state index contributed by atoms with van der Waals surface area (Å²) in [7, 11) is 0. The van der Waals surface area contributed by atoms with Crippen LogP contribution in [0.2, 0.25) is 0 Å². The van der Waals surface area contributed by atoms with Crippen molar-refractivity contribution in [2.75, 3.05) is 32.8 Å². The fourth-order valence-corrected chi connectivity index (χ4v) is 3.14. The smallest absolute Gasteiger partial charge is 0.338 e. The Bertz CT molecular complexity index is 843. The van der Waals surface area contributed by atoms with E-state index in [2.05, 4.69) is 0 Å². The van der Waals surface area contributed by atoms with Crippen molar-refractivity contribution >= 4 is 11.9 Å². The molecule has 0 saturated carbocycles. The normalized spacial score (nSPS) is 13.0. The summed E-state index contributed by atoms with van der Waals surface area (Å²) >= 11 is 0. The molecule has 0 unspecified atom stereocenters. The molecule has 3 rings (SSSR count). The number of urea groups is 1. The molecule has 0 radical (unpaired) electrons. The minimum Gasteiger partial charge on any atom is -0.494 e. The number of primary amides is 1. The molecule has 1 aliphatic rings.